The Balaban J connectivity index is 1.85. The molecule has 11 heteroatoms. The highest BCUT2D eigenvalue weighted by Gasteiger charge is 2.58. The molecule has 2 aromatic rings. The van der Waals surface area contributed by atoms with Gasteiger partial charge in [-0.2, -0.15) is 5.26 Å². The largest absolute Gasteiger partial charge is 0.504 e. The lowest BCUT2D eigenvalue weighted by molar-refractivity contribution is -0.0881. The molecule has 3 heterocycles. The van der Waals surface area contributed by atoms with Crippen LogP contribution in [-0.4, -0.2) is 88.0 Å². The van der Waals surface area contributed by atoms with Crippen molar-refractivity contribution in [2.75, 3.05) is 41.6 Å². The number of nitrogens with zero attached hydrogens (tertiary/aromatic N) is 3. The maximum Gasteiger partial charge on any atom is 0.200 e. The zero-order chi connectivity index (χ0) is 37.0. The number of methoxy groups -OCH3 is 4. The summed E-state index contributed by atoms with van der Waals surface area (Å²) in [5.41, 5.74) is 5.59. The normalized spacial score (nSPS) is 23.3. The van der Waals surface area contributed by atoms with Crippen LogP contribution in [0, 0.1) is 25.2 Å². The number of phenols is 2. The summed E-state index contributed by atoms with van der Waals surface area (Å²) in [6, 6.07) is 0.651. The van der Waals surface area contributed by atoms with Crippen LogP contribution in [-0.2, 0) is 17.3 Å². The lowest BCUT2D eigenvalue weighted by Crippen LogP contribution is -2.69. The Labute approximate surface area is 299 Å². The minimum atomic E-state index is -2.40. The molecule has 3 aliphatic rings. The monoisotopic (exact) mass is 707 g/mol. The molecule has 0 aromatic heterocycles. The van der Waals surface area contributed by atoms with E-state index in [9.17, 15) is 15.5 Å². The number of hydrogen-bond acceptors (Lipinski definition) is 10. The van der Waals surface area contributed by atoms with Gasteiger partial charge in [0.05, 0.1) is 53.2 Å². The second kappa shape index (κ2) is 14.3. The number of aromatic hydroxyl groups is 2. The van der Waals surface area contributed by atoms with Gasteiger partial charge in [0.1, 0.15) is 17.5 Å². The molecule has 3 aliphatic heterocycles. The molecule has 0 saturated carbocycles. The Morgan fingerprint density at radius 1 is 0.800 bits per heavy atom. The van der Waals surface area contributed by atoms with E-state index < -0.39 is 20.4 Å². The molecule has 1 fully saturated rings. The van der Waals surface area contributed by atoms with E-state index >= 15 is 0 Å². The molecule has 1 saturated heterocycles. The molecular weight excluding hydrogens is 651 g/mol. The number of hydrogen-bond donors (Lipinski definition) is 2. The molecule has 5 rings (SSSR count). The van der Waals surface area contributed by atoms with Crippen molar-refractivity contribution < 1.29 is 33.6 Å². The smallest absolute Gasteiger partial charge is 0.200 e. The molecule has 0 spiro atoms. The molecule has 0 amide bonds. The minimum absolute atomic E-state index is 0.0522. The number of piperazine rings is 1. The molecule has 50 heavy (non-hydrogen) atoms. The van der Waals surface area contributed by atoms with Gasteiger partial charge in [-0.1, -0.05) is 47.6 Å². The summed E-state index contributed by atoms with van der Waals surface area (Å²) in [6.45, 7) is 22.2. The standard InChI is InChI=1S/C39H57N3O7Si/c1-14-15-41-27-16-26-32(35(44)39(48-13)24(9)37(26)46-11)33(41)28-17-25-31(34(43)38(47-12)23(8)36(25)45-10)30(42(28)29(27)18-40)19-49-50(20(2)3,21(4)5)22(6)7/h14,20-22,27-30,33,43-44H,1,15-17,19H2,2-13H3/t27-,28-,29-,30-,33-/m0/s1. The van der Waals surface area contributed by atoms with Crippen LogP contribution >= 0.6 is 0 Å². The second-order valence-corrected chi connectivity index (χ2v) is 20.5. The summed E-state index contributed by atoms with van der Waals surface area (Å²) in [7, 11) is 4.00. The Morgan fingerprint density at radius 3 is 1.70 bits per heavy atom. The fourth-order valence-electron chi connectivity index (χ4n) is 10.3. The lowest BCUT2D eigenvalue weighted by Gasteiger charge is -2.61. The van der Waals surface area contributed by atoms with Crippen molar-refractivity contribution in [2.45, 2.75) is 115 Å². The molecule has 2 N–H and O–H groups in total. The van der Waals surface area contributed by atoms with Crippen LogP contribution in [0.25, 0.3) is 0 Å². The zero-order valence-electron chi connectivity index (χ0n) is 32.0. The van der Waals surface area contributed by atoms with E-state index in [2.05, 4.69) is 64.0 Å². The number of phenolic OH excluding ortho intramolecular Hbond substituents is 2. The number of nitriles is 1. The van der Waals surface area contributed by atoms with Crippen LogP contribution in [0.5, 0.6) is 34.5 Å². The van der Waals surface area contributed by atoms with E-state index in [0.29, 0.717) is 70.1 Å². The van der Waals surface area contributed by atoms with E-state index in [4.69, 9.17) is 23.4 Å². The molecule has 0 unspecified atom stereocenters. The second-order valence-electron chi connectivity index (χ2n) is 15.0. The van der Waals surface area contributed by atoms with Crippen LogP contribution in [0.15, 0.2) is 12.7 Å². The molecule has 2 bridgehead atoms. The van der Waals surface area contributed by atoms with Gasteiger partial charge in [0.2, 0.25) is 0 Å². The summed E-state index contributed by atoms with van der Waals surface area (Å²) >= 11 is 0. The topological polar surface area (TPSA) is 117 Å². The minimum Gasteiger partial charge on any atom is -0.504 e. The third kappa shape index (κ3) is 5.37. The van der Waals surface area contributed by atoms with Crippen LogP contribution in [0.4, 0.5) is 0 Å². The van der Waals surface area contributed by atoms with Crippen LogP contribution in [0.2, 0.25) is 16.6 Å². The van der Waals surface area contributed by atoms with Crippen molar-refractivity contribution in [3.63, 3.8) is 0 Å². The average Bonchev–Trinajstić information content (AvgIpc) is 3.05. The van der Waals surface area contributed by atoms with Crippen molar-refractivity contribution >= 4 is 8.32 Å². The maximum absolute atomic E-state index is 12.1. The van der Waals surface area contributed by atoms with E-state index in [1.54, 1.807) is 28.4 Å². The van der Waals surface area contributed by atoms with Gasteiger partial charge >= 0.3 is 0 Å². The summed E-state index contributed by atoms with van der Waals surface area (Å²) in [6.07, 6.45) is 2.77. The first-order chi connectivity index (χ1) is 23.7. The Morgan fingerprint density at radius 2 is 1.26 bits per heavy atom. The Kier molecular flexibility index (Phi) is 10.8. The number of rotatable bonds is 12. The highest BCUT2D eigenvalue weighted by molar-refractivity contribution is 6.77. The highest BCUT2D eigenvalue weighted by Crippen LogP contribution is 2.59. The first kappa shape index (κ1) is 37.8. The van der Waals surface area contributed by atoms with Gasteiger partial charge in [-0.25, -0.2) is 0 Å². The van der Waals surface area contributed by atoms with Gasteiger partial charge in [-0.15, -0.1) is 6.58 Å². The third-order valence-electron chi connectivity index (χ3n) is 12.0. The summed E-state index contributed by atoms with van der Waals surface area (Å²) in [5.74, 6) is 2.18. The molecular formula is C39H57N3O7Si. The van der Waals surface area contributed by atoms with Crippen molar-refractivity contribution in [3.05, 3.63) is 46.0 Å². The van der Waals surface area contributed by atoms with Gasteiger partial charge < -0.3 is 33.6 Å². The number of ether oxygens (including phenoxy) is 4. The van der Waals surface area contributed by atoms with Crippen molar-refractivity contribution in [1.82, 2.24) is 9.80 Å². The van der Waals surface area contributed by atoms with Gasteiger partial charge in [-0.3, -0.25) is 9.80 Å². The predicted octanol–water partition coefficient (Wildman–Crippen LogP) is 7.27. The van der Waals surface area contributed by atoms with Gasteiger partial charge in [-0.05, 0) is 43.3 Å². The van der Waals surface area contributed by atoms with Gasteiger partial charge in [0.25, 0.3) is 0 Å². The van der Waals surface area contributed by atoms with E-state index in [0.717, 1.165) is 22.3 Å². The van der Waals surface area contributed by atoms with Gasteiger partial charge in [0, 0.05) is 52.0 Å². The summed E-state index contributed by atoms with van der Waals surface area (Å²) in [4.78, 5) is 4.58. The zero-order valence-corrected chi connectivity index (χ0v) is 33.0. The fraction of sp³-hybridized carbons (Fsp3) is 0.615. The molecule has 2 aromatic carbocycles. The first-order valence-electron chi connectivity index (χ1n) is 17.8. The van der Waals surface area contributed by atoms with Crippen LogP contribution < -0.4 is 18.9 Å². The SMILES string of the molecule is C=CCN1[C@@H]2c3c(O)c(OC)c(C)c(OC)c3C[C@H]1[C@H](C#N)N1[C@@H](CO[Si](C(C)C)(C(C)C)C(C)C)c3c(O)c(OC)c(C)c(OC)c3C[C@@H]21. The lowest BCUT2D eigenvalue weighted by atomic mass is 9.71. The van der Waals surface area contributed by atoms with E-state index in [-0.39, 0.29) is 36.2 Å². The fourth-order valence-corrected chi connectivity index (χ4v) is 15.8. The summed E-state index contributed by atoms with van der Waals surface area (Å²) < 4.78 is 31.1. The molecule has 274 valence electrons. The third-order valence-corrected chi connectivity index (χ3v) is 18.1. The molecule has 10 nitrogen and oxygen atoms in total. The molecule has 0 radical (unpaired) electrons. The Hall–Kier alpha value is -3.43. The number of fused-ring (bicyclic) bond motifs is 7. The van der Waals surface area contributed by atoms with Crippen LogP contribution in [0.1, 0.15) is 87.0 Å². The first-order valence-corrected chi connectivity index (χ1v) is 20.0. The molecule has 0 aliphatic carbocycles. The average molecular weight is 708 g/mol. The van der Waals surface area contributed by atoms with Gasteiger partial charge in [0.15, 0.2) is 31.3 Å². The predicted molar refractivity (Wildman–Crippen MR) is 198 cm³/mol. The highest BCUT2D eigenvalue weighted by atomic mass is 28.4. The maximum atomic E-state index is 12.1. The van der Waals surface area contributed by atoms with E-state index in [1.807, 2.05) is 19.9 Å². The van der Waals surface area contributed by atoms with Crippen LogP contribution in [0.3, 0.4) is 0 Å². The van der Waals surface area contributed by atoms with E-state index in [1.165, 1.54) is 0 Å². The van der Waals surface area contributed by atoms with Crippen molar-refractivity contribution in [1.29, 1.82) is 5.26 Å². The quantitative estimate of drug-likeness (QED) is 0.172. The Bertz CT molecular complexity index is 1650. The molecule has 5 atom stereocenters. The summed E-state index contributed by atoms with van der Waals surface area (Å²) in [5, 5.41) is 35.3. The van der Waals surface area contributed by atoms with Crippen molar-refractivity contribution in [2.24, 2.45) is 0 Å². The van der Waals surface area contributed by atoms with Crippen molar-refractivity contribution in [3.8, 4) is 40.6 Å². The number of benzene rings is 2.